The van der Waals surface area contributed by atoms with Gasteiger partial charge in [0.15, 0.2) is 5.11 Å². The van der Waals surface area contributed by atoms with Gasteiger partial charge in [0.1, 0.15) is 6.04 Å². The summed E-state index contributed by atoms with van der Waals surface area (Å²) in [5, 5.41) is 3.61. The summed E-state index contributed by atoms with van der Waals surface area (Å²) in [6, 6.07) is 7.65. The molecule has 1 N–H and O–H groups in total. The maximum absolute atomic E-state index is 12.3. The average molecular weight is 262 g/mol. The monoisotopic (exact) mass is 262 g/mol. The van der Waals surface area contributed by atoms with Gasteiger partial charge in [0.25, 0.3) is 5.91 Å². The number of carbonyl (C=O) groups is 1. The molecule has 1 amide bonds. The zero-order valence-electron chi connectivity index (χ0n) is 10.9. The van der Waals surface area contributed by atoms with E-state index in [4.69, 9.17) is 12.2 Å². The fourth-order valence-corrected chi connectivity index (χ4v) is 2.44. The summed E-state index contributed by atoms with van der Waals surface area (Å²) >= 11 is 5.26. The number of thiocarbonyl (C=S) groups is 1. The number of anilines is 1. The summed E-state index contributed by atoms with van der Waals surface area (Å²) in [6.45, 7) is 6.23. The summed E-state index contributed by atoms with van der Waals surface area (Å²) in [6.07, 6.45) is 0.807. The fourth-order valence-electron chi connectivity index (χ4n) is 2.10. The number of hydrogen-bond donors (Lipinski definition) is 1. The van der Waals surface area contributed by atoms with Crippen LogP contribution in [0.2, 0.25) is 0 Å². The van der Waals surface area contributed by atoms with Crippen molar-refractivity contribution in [3.63, 3.8) is 0 Å². The van der Waals surface area contributed by atoms with Crippen LogP contribution < -0.4 is 10.2 Å². The fraction of sp³-hybridized carbons (Fsp3) is 0.429. The quantitative estimate of drug-likeness (QED) is 0.850. The van der Waals surface area contributed by atoms with E-state index in [1.807, 2.05) is 31.2 Å². The molecule has 0 radical (unpaired) electrons. The Bertz CT molecular complexity index is 467. The Labute approximate surface area is 113 Å². The molecule has 1 heterocycles. The SMILES string of the molecule is Cc1ccc(N2C(=O)[C@H](CC(C)C)NC2=S)cc1. The van der Waals surface area contributed by atoms with Crippen molar-refractivity contribution >= 4 is 28.9 Å². The van der Waals surface area contributed by atoms with Gasteiger partial charge in [-0.15, -0.1) is 0 Å². The standard InChI is InChI=1S/C14H18N2OS/c1-9(2)8-12-13(17)16(14(18)15-12)11-6-4-10(3)5-7-11/h4-7,9,12H,8H2,1-3H3,(H,15,18)/t12-/m0/s1. The summed E-state index contributed by atoms with van der Waals surface area (Å²) < 4.78 is 0. The highest BCUT2D eigenvalue weighted by molar-refractivity contribution is 7.80. The van der Waals surface area contributed by atoms with E-state index in [9.17, 15) is 4.79 Å². The minimum absolute atomic E-state index is 0.0533. The van der Waals surface area contributed by atoms with E-state index in [-0.39, 0.29) is 11.9 Å². The van der Waals surface area contributed by atoms with E-state index >= 15 is 0 Å². The molecule has 96 valence electrons. The molecule has 0 aromatic heterocycles. The molecule has 1 atom stereocenters. The van der Waals surface area contributed by atoms with Crippen molar-refractivity contribution in [2.45, 2.75) is 33.2 Å². The third-order valence-electron chi connectivity index (χ3n) is 3.02. The van der Waals surface area contributed by atoms with Crippen LogP contribution in [0.25, 0.3) is 0 Å². The number of hydrogen-bond acceptors (Lipinski definition) is 2. The molecule has 3 nitrogen and oxygen atoms in total. The second kappa shape index (κ2) is 5.06. The van der Waals surface area contributed by atoms with Crippen molar-refractivity contribution in [3.05, 3.63) is 29.8 Å². The largest absolute Gasteiger partial charge is 0.350 e. The van der Waals surface area contributed by atoms with Crippen LogP contribution in [0.15, 0.2) is 24.3 Å². The zero-order valence-corrected chi connectivity index (χ0v) is 11.8. The first kappa shape index (κ1) is 13.0. The molecule has 0 spiro atoms. The van der Waals surface area contributed by atoms with Gasteiger partial charge in [0.05, 0.1) is 5.69 Å². The summed E-state index contributed by atoms with van der Waals surface area (Å²) in [5.74, 6) is 0.518. The van der Waals surface area contributed by atoms with E-state index in [0.29, 0.717) is 11.0 Å². The Morgan fingerprint density at radius 1 is 1.33 bits per heavy atom. The lowest BCUT2D eigenvalue weighted by Crippen LogP contribution is -2.31. The Kier molecular flexibility index (Phi) is 3.66. The van der Waals surface area contributed by atoms with Crippen molar-refractivity contribution in [1.82, 2.24) is 5.32 Å². The molecule has 0 unspecified atom stereocenters. The first-order valence-corrected chi connectivity index (χ1v) is 6.61. The average Bonchev–Trinajstić information content (AvgIpc) is 2.55. The van der Waals surface area contributed by atoms with Gasteiger partial charge < -0.3 is 5.32 Å². The zero-order chi connectivity index (χ0) is 13.3. The van der Waals surface area contributed by atoms with Crippen LogP contribution in [0.1, 0.15) is 25.8 Å². The van der Waals surface area contributed by atoms with E-state index in [2.05, 4.69) is 19.2 Å². The van der Waals surface area contributed by atoms with E-state index in [0.717, 1.165) is 12.1 Å². The van der Waals surface area contributed by atoms with Crippen LogP contribution in [-0.4, -0.2) is 17.1 Å². The lowest BCUT2D eigenvalue weighted by atomic mass is 10.0. The van der Waals surface area contributed by atoms with Crippen molar-refractivity contribution in [1.29, 1.82) is 0 Å². The predicted molar refractivity (Wildman–Crippen MR) is 77.6 cm³/mol. The molecule has 1 saturated heterocycles. The third kappa shape index (κ3) is 2.53. The number of carbonyl (C=O) groups excluding carboxylic acids is 1. The highest BCUT2D eigenvalue weighted by atomic mass is 32.1. The first-order chi connectivity index (χ1) is 8.49. The molecular weight excluding hydrogens is 244 g/mol. The van der Waals surface area contributed by atoms with Gasteiger partial charge in [-0.3, -0.25) is 9.69 Å². The van der Waals surface area contributed by atoms with Crippen LogP contribution in [0.4, 0.5) is 5.69 Å². The van der Waals surface area contributed by atoms with Gasteiger partial charge in [0, 0.05) is 0 Å². The summed E-state index contributed by atoms with van der Waals surface area (Å²) in [4.78, 5) is 13.9. The van der Waals surface area contributed by atoms with Crippen LogP contribution in [0.3, 0.4) is 0 Å². The number of nitrogens with zero attached hydrogens (tertiary/aromatic N) is 1. The van der Waals surface area contributed by atoms with Crippen LogP contribution in [0.5, 0.6) is 0 Å². The van der Waals surface area contributed by atoms with Crippen LogP contribution >= 0.6 is 12.2 Å². The van der Waals surface area contributed by atoms with Gasteiger partial charge in [0.2, 0.25) is 0 Å². The van der Waals surface area contributed by atoms with Gasteiger partial charge in [-0.05, 0) is 43.6 Å². The molecule has 1 aliphatic rings. The smallest absolute Gasteiger partial charge is 0.255 e. The second-order valence-corrected chi connectivity index (χ2v) is 5.53. The summed E-state index contributed by atoms with van der Waals surface area (Å²) in [7, 11) is 0. The number of rotatable bonds is 3. The van der Waals surface area contributed by atoms with Gasteiger partial charge in [-0.1, -0.05) is 31.5 Å². The lowest BCUT2D eigenvalue weighted by molar-refractivity contribution is -0.118. The molecule has 1 aromatic rings. The van der Waals surface area contributed by atoms with E-state index in [1.54, 1.807) is 4.90 Å². The molecule has 1 aliphatic heterocycles. The normalized spacial score (nSPS) is 19.6. The summed E-state index contributed by atoms with van der Waals surface area (Å²) in [5.41, 5.74) is 2.01. The van der Waals surface area contributed by atoms with E-state index < -0.39 is 0 Å². The molecular formula is C14H18N2OS. The molecule has 1 fully saturated rings. The van der Waals surface area contributed by atoms with Crippen LogP contribution in [-0.2, 0) is 4.79 Å². The number of amides is 1. The van der Waals surface area contributed by atoms with E-state index in [1.165, 1.54) is 5.56 Å². The van der Waals surface area contributed by atoms with Gasteiger partial charge in [-0.2, -0.15) is 0 Å². The number of aryl methyl sites for hydroxylation is 1. The third-order valence-corrected chi connectivity index (χ3v) is 3.32. The number of benzene rings is 1. The van der Waals surface area contributed by atoms with Crippen molar-refractivity contribution in [2.24, 2.45) is 5.92 Å². The topological polar surface area (TPSA) is 32.3 Å². The van der Waals surface area contributed by atoms with Crippen LogP contribution in [0, 0.1) is 12.8 Å². The molecule has 18 heavy (non-hydrogen) atoms. The van der Waals surface area contributed by atoms with Crippen molar-refractivity contribution in [3.8, 4) is 0 Å². The predicted octanol–water partition coefficient (Wildman–Crippen LogP) is 2.63. The molecule has 1 aromatic carbocycles. The molecule has 0 bridgehead atoms. The van der Waals surface area contributed by atoms with Crippen molar-refractivity contribution < 1.29 is 4.79 Å². The Morgan fingerprint density at radius 3 is 2.50 bits per heavy atom. The molecule has 0 saturated carbocycles. The maximum Gasteiger partial charge on any atom is 0.255 e. The maximum atomic E-state index is 12.3. The van der Waals surface area contributed by atoms with Gasteiger partial charge in [-0.25, -0.2) is 0 Å². The molecule has 4 heteroatoms. The first-order valence-electron chi connectivity index (χ1n) is 6.20. The second-order valence-electron chi connectivity index (χ2n) is 5.14. The minimum Gasteiger partial charge on any atom is -0.350 e. The molecule has 0 aliphatic carbocycles. The lowest BCUT2D eigenvalue weighted by Gasteiger charge is -2.15. The van der Waals surface area contributed by atoms with Crippen molar-refractivity contribution in [2.75, 3.05) is 4.90 Å². The Balaban J connectivity index is 2.21. The minimum atomic E-state index is -0.182. The highest BCUT2D eigenvalue weighted by Crippen LogP contribution is 2.22. The number of nitrogens with one attached hydrogen (secondary N) is 1. The molecule has 2 rings (SSSR count). The Hall–Kier alpha value is -1.42. The highest BCUT2D eigenvalue weighted by Gasteiger charge is 2.36. The van der Waals surface area contributed by atoms with Gasteiger partial charge >= 0.3 is 0 Å². The Morgan fingerprint density at radius 2 is 1.94 bits per heavy atom.